The topological polar surface area (TPSA) is 77.5 Å². The van der Waals surface area contributed by atoms with E-state index in [0.29, 0.717) is 19.0 Å². The van der Waals surface area contributed by atoms with Gasteiger partial charge in [-0.2, -0.15) is 5.10 Å². The maximum absolute atomic E-state index is 5.95. The quantitative estimate of drug-likeness (QED) is 0.329. The van der Waals surface area contributed by atoms with Gasteiger partial charge in [-0.15, -0.1) is 24.0 Å². The van der Waals surface area contributed by atoms with Gasteiger partial charge in [0.1, 0.15) is 11.5 Å². The molecule has 2 aromatic carbocycles. The second-order valence-electron chi connectivity index (χ2n) is 5.62. The lowest BCUT2D eigenvalue weighted by molar-refractivity contribution is 0.483. The number of aromatic nitrogens is 2. The van der Waals surface area contributed by atoms with Crippen LogP contribution >= 0.6 is 24.0 Å². The Bertz CT molecular complexity index is 848. The van der Waals surface area contributed by atoms with Gasteiger partial charge in [0.25, 0.3) is 0 Å². The van der Waals surface area contributed by atoms with Crippen LogP contribution in [0.15, 0.2) is 72.0 Å². The van der Waals surface area contributed by atoms with E-state index in [1.807, 2.05) is 78.6 Å². The fourth-order valence-corrected chi connectivity index (χ4v) is 2.31. The average Bonchev–Trinajstić information content (AvgIpc) is 3.01. The second-order valence-corrected chi connectivity index (χ2v) is 5.62. The molecule has 26 heavy (non-hydrogen) atoms. The van der Waals surface area contributed by atoms with Crippen LogP contribution in [0.4, 0.5) is 5.69 Å². The second kappa shape index (κ2) is 9.81. The molecule has 3 rings (SSSR count). The summed E-state index contributed by atoms with van der Waals surface area (Å²) in [7, 11) is 0. The molecule has 1 heterocycles. The molecule has 0 saturated carbocycles. The van der Waals surface area contributed by atoms with Crippen LogP contribution in [0.1, 0.15) is 5.56 Å². The number of anilines is 1. The molecule has 0 aliphatic carbocycles. The van der Waals surface area contributed by atoms with E-state index in [4.69, 9.17) is 10.5 Å². The number of ether oxygens (including phenoxy) is 1. The fraction of sp³-hybridized carbons (Fsp3) is 0.158. The minimum absolute atomic E-state index is 0. The first-order valence-corrected chi connectivity index (χ1v) is 8.08. The summed E-state index contributed by atoms with van der Waals surface area (Å²) in [6, 6.07) is 17.2. The van der Waals surface area contributed by atoms with E-state index in [9.17, 15) is 0 Å². The van der Waals surface area contributed by atoms with Crippen LogP contribution in [-0.4, -0.2) is 22.3 Å². The molecule has 0 atom stereocenters. The normalized spacial score (nSPS) is 10.9. The summed E-state index contributed by atoms with van der Waals surface area (Å²) < 4.78 is 7.66. The van der Waals surface area contributed by atoms with Crippen LogP contribution in [0, 0.1) is 6.92 Å². The SMILES string of the molecule is Cc1cnn(CCN=C(N)Nc2cccc(Oc3ccccc3)c2)c1.I. The lowest BCUT2D eigenvalue weighted by Gasteiger charge is -2.09. The van der Waals surface area contributed by atoms with Crippen LogP contribution < -0.4 is 15.8 Å². The summed E-state index contributed by atoms with van der Waals surface area (Å²) >= 11 is 0. The maximum atomic E-state index is 5.95. The number of nitrogens with zero attached hydrogens (tertiary/aromatic N) is 3. The highest BCUT2D eigenvalue weighted by molar-refractivity contribution is 14.0. The fourth-order valence-electron chi connectivity index (χ4n) is 2.31. The van der Waals surface area contributed by atoms with Crippen molar-refractivity contribution in [3.63, 3.8) is 0 Å². The van der Waals surface area contributed by atoms with Gasteiger partial charge >= 0.3 is 0 Å². The number of benzene rings is 2. The van der Waals surface area contributed by atoms with Crippen LogP contribution in [0.5, 0.6) is 11.5 Å². The number of rotatable bonds is 6. The first-order valence-electron chi connectivity index (χ1n) is 8.08. The van der Waals surface area contributed by atoms with Gasteiger partial charge in [-0.25, -0.2) is 0 Å². The molecule has 136 valence electrons. The van der Waals surface area contributed by atoms with Gasteiger partial charge in [-0.05, 0) is 36.8 Å². The van der Waals surface area contributed by atoms with Crippen molar-refractivity contribution >= 4 is 35.6 Å². The number of halogens is 1. The highest BCUT2D eigenvalue weighted by Gasteiger charge is 2.00. The number of aryl methyl sites for hydroxylation is 1. The molecule has 0 fully saturated rings. The Morgan fingerprint density at radius 3 is 2.65 bits per heavy atom. The van der Waals surface area contributed by atoms with E-state index in [0.717, 1.165) is 22.7 Å². The molecule has 3 N–H and O–H groups in total. The molecule has 6 nitrogen and oxygen atoms in total. The number of nitrogens with one attached hydrogen (secondary N) is 1. The molecule has 0 unspecified atom stereocenters. The smallest absolute Gasteiger partial charge is 0.193 e. The number of aliphatic imine (C=N–C) groups is 1. The minimum atomic E-state index is 0. The molecular formula is C19H22IN5O. The van der Waals surface area contributed by atoms with Crippen molar-refractivity contribution < 1.29 is 4.74 Å². The van der Waals surface area contributed by atoms with Gasteiger partial charge in [-0.1, -0.05) is 24.3 Å². The van der Waals surface area contributed by atoms with E-state index in [1.165, 1.54) is 0 Å². The number of hydrogen-bond acceptors (Lipinski definition) is 3. The predicted octanol–water partition coefficient (Wildman–Crippen LogP) is 4.03. The summed E-state index contributed by atoms with van der Waals surface area (Å²) in [5.41, 5.74) is 7.90. The van der Waals surface area contributed by atoms with Crippen LogP contribution in [-0.2, 0) is 6.54 Å². The molecule has 0 bridgehead atoms. The number of para-hydroxylation sites is 1. The molecule has 1 aromatic heterocycles. The van der Waals surface area contributed by atoms with E-state index < -0.39 is 0 Å². The monoisotopic (exact) mass is 463 g/mol. The number of nitrogens with two attached hydrogens (primary N) is 1. The van der Waals surface area contributed by atoms with E-state index in [2.05, 4.69) is 15.4 Å². The third kappa shape index (κ3) is 6.07. The highest BCUT2D eigenvalue weighted by Crippen LogP contribution is 2.23. The van der Waals surface area contributed by atoms with Crippen molar-refractivity contribution in [2.75, 3.05) is 11.9 Å². The molecular weight excluding hydrogens is 441 g/mol. The Labute approximate surface area is 170 Å². The van der Waals surface area contributed by atoms with Crippen molar-refractivity contribution in [2.45, 2.75) is 13.5 Å². The van der Waals surface area contributed by atoms with E-state index in [-0.39, 0.29) is 24.0 Å². The van der Waals surface area contributed by atoms with Gasteiger partial charge in [0.15, 0.2) is 5.96 Å². The van der Waals surface area contributed by atoms with Crippen molar-refractivity contribution in [3.05, 3.63) is 72.6 Å². The summed E-state index contributed by atoms with van der Waals surface area (Å²) in [5, 5.41) is 7.30. The van der Waals surface area contributed by atoms with E-state index >= 15 is 0 Å². The molecule has 7 heteroatoms. The molecule has 0 spiro atoms. The summed E-state index contributed by atoms with van der Waals surface area (Å²) in [6.45, 7) is 3.25. The van der Waals surface area contributed by atoms with Gasteiger partial charge in [-0.3, -0.25) is 9.67 Å². The predicted molar refractivity (Wildman–Crippen MR) is 115 cm³/mol. The molecule has 0 aliphatic heterocycles. The number of hydrogen-bond donors (Lipinski definition) is 2. The Kier molecular flexibility index (Phi) is 7.46. The Balaban J connectivity index is 0.00000243. The van der Waals surface area contributed by atoms with Gasteiger partial charge in [0.05, 0.1) is 19.3 Å². The van der Waals surface area contributed by atoms with Crippen molar-refractivity contribution in [3.8, 4) is 11.5 Å². The van der Waals surface area contributed by atoms with E-state index in [1.54, 1.807) is 0 Å². The average molecular weight is 463 g/mol. The Morgan fingerprint density at radius 1 is 1.15 bits per heavy atom. The lowest BCUT2D eigenvalue weighted by atomic mass is 10.3. The molecule has 0 amide bonds. The van der Waals surface area contributed by atoms with Crippen molar-refractivity contribution in [1.82, 2.24) is 9.78 Å². The van der Waals surface area contributed by atoms with Crippen molar-refractivity contribution in [2.24, 2.45) is 10.7 Å². The lowest BCUT2D eigenvalue weighted by Crippen LogP contribution is -2.23. The zero-order valence-electron chi connectivity index (χ0n) is 14.5. The third-order valence-electron chi connectivity index (χ3n) is 3.46. The summed E-state index contributed by atoms with van der Waals surface area (Å²) in [4.78, 5) is 4.32. The maximum Gasteiger partial charge on any atom is 0.193 e. The van der Waals surface area contributed by atoms with Gasteiger partial charge in [0, 0.05) is 18.0 Å². The molecule has 0 radical (unpaired) electrons. The Morgan fingerprint density at radius 2 is 1.92 bits per heavy atom. The molecule has 3 aromatic rings. The standard InChI is InChI=1S/C19H21N5O.HI/c1-15-13-22-24(14-15)11-10-21-19(20)23-16-6-5-9-18(12-16)25-17-7-3-2-4-8-17;/h2-9,12-14H,10-11H2,1H3,(H3,20,21,23);1H. The largest absolute Gasteiger partial charge is 0.457 e. The van der Waals surface area contributed by atoms with Gasteiger partial charge < -0.3 is 15.8 Å². The first-order chi connectivity index (χ1) is 12.2. The summed E-state index contributed by atoms with van der Waals surface area (Å²) in [6.07, 6.45) is 3.80. The Hall–Kier alpha value is -2.55. The first kappa shape index (κ1) is 19.8. The van der Waals surface area contributed by atoms with Crippen LogP contribution in [0.2, 0.25) is 0 Å². The zero-order valence-corrected chi connectivity index (χ0v) is 16.8. The minimum Gasteiger partial charge on any atom is -0.457 e. The van der Waals surface area contributed by atoms with Crippen LogP contribution in [0.25, 0.3) is 0 Å². The number of guanidine groups is 1. The van der Waals surface area contributed by atoms with Crippen LogP contribution in [0.3, 0.4) is 0 Å². The molecule has 0 saturated heterocycles. The van der Waals surface area contributed by atoms with Gasteiger partial charge in [0.2, 0.25) is 0 Å². The van der Waals surface area contributed by atoms with Crippen molar-refractivity contribution in [1.29, 1.82) is 0 Å². The third-order valence-corrected chi connectivity index (χ3v) is 3.46. The zero-order chi connectivity index (χ0) is 17.5. The summed E-state index contributed by atoms with van der Waals surface area (Å²) in [5.74, 6) is 1.88. The molecule has 0 aliphatic rings. The highest BCUT2D eigenvalue weighted by atomic mass is 127.